The van der Waals surface area contributed by atoms with Crippen molar-refractivity contribution in [3.63, 3.8) is 0 Å². The molecule has 1 N–H and O–H groups in total. The molecule has 0 aliphatic heterocycles. The van der Waals surface area contributed by atoms with Gasteiger partial charge >= 0.3 is 5.69 Å². The number of aromatic nitrogens is 3. The summed E-state index contributed by atoms with van der Waals surface area (Å²) in [7, 11) is -3.49. The van der Waals surface area contributed by atoms with Gasteiger partial charge in [-0.05, 0) is 47.9 Å². The van der Waals surface area contributed by atoms with E-state index in [1.54, 1.807) is 6.07 Å². The Labute approximate surface area is 193 Å². The normalized spacial score (nSPS) is 11.9. The van der Waals surface area contributed by atoms with Crippen LogP contribution in [0, 0.1) is 5.82 Å². The largest absolute Gasteiger partial charge is 0.334 e. The molecule has 170 valence electrons. The number of halogens is 2. The molecule has 0 saturated carbocycles. The standard InChI is InChI=1S/C23H19ClFN3O4S/c1-12(2)15-10-13(33(3,31)32)8-9-19(15)28-21-16(22(29)27-23(28)30)11-17(24)20(26-21)14-6-4-5-7-18(14)25/h4-12H,1-3H3,(H,27,29,30). The van der Waals surface area contributed by atoms with E-state index < -0.39 is 26.9 Å². The molecule has 0 aliphatic carbocycles. The van der Waals surface area contributed by atoms with Gasteiger partial charge in [0.15, 0.2) is 15.5 Å². The lowest BCUT2D eigenvalue weighted by Gasteiger charge is -2.18. The van der Waals surface area contributed by atoms with Crippen LogP contribution in [0.4, 0.5) is 4.39 Å². The van der Waals surface area contributed by atoms with E-state index in [1.807, 2.05) is 13.8 Å². The lowest BCUT2D eigenvalue weighted by Crippen LogP contribution is -2.30. The van der Waals surface area contributed by atoms with Crippen LogP contribution in [-0.4, -0.2) is 29.2 Å². The molecule has 0 spiro atoms. The molecule has 7 nitrogen and oxygen atoms in total. The Kier molecular flexibility index (Phi) is 5.71. The summed E-state index contributed by atoms with van der Waals surface area (Å²) in [5.74, 6) is -0.737. The van der Waals surface area contributed by atoms with E-state index in [1.165, 1.54) is 47.0 Å². The van der Waals surface area contributed by atoms with Crippen molar-refractivity contribution >= 4 is 32.5 Å². The molecule has 0 saturated heterocycles. The van der Waals surface area contributed by atoms with Crippen molar-refractivity contribution in [1.82, 2.24) is 14.5 Å². The highest BCUT2D eigenvalue weighted by Gasteiger charge is 2.21. The van der Waals surface area contributed by atoms with Crippen LogP contribution in [0.25, 0.3) is 28.0 Å². The number of rotatable bonds is 4. The molecule has 0 radical (unpaired) electrons. The van der Waals surface area contributed by atoms with E-state index in [0.29, 0.717) is 11.3 Å². The van der Waals surface area contributed by atoms with Gasteiger partial charge in [0, 0.05) is 11.8 Å². The number of nitrogens with one attached hydrogen (secondary N) is 1. The summed E-state index contributed by atoms with van der Waals surface area (Å²) in [6.07, 6.45) is 1.10. The number of hydrogen-bond donors (Lipinski definition) is 1. The fraction of sp³-hybridized carbons (Fsp3) is 0.174. The van der Waals surface area contributed by atoms with Crippen LogP contribution in [0.5, 0.6) is 0 Å². The monoisotopic (exact) mass is 487 g/mol. The molecule has 4 aromatic rings. The molecule has 0 amide bonds. The van der Waals surface area contributed by atoms with E-state index >= 15 is 0 Å². The second-order valence-corrected chi connectivity index (χ2v) is 10.3. The molecule has 0 aliphatic rings. The van der Waals surface area contributed by atoms with E-state index in [4.69, 9.17) is 11.6 Å². The molecule has 2 heterocycles. The first-order valence-electron chi connectivity index (χ1n) is 9.94. The van der Waals surface area contributed by atoms with Gasteiger partial charge in [0.2, 0.25) is 0 Å². The van der Waals surface area contributed by atoms with Gasteiger partial charge in [0.05, 0.1) is 26.7 Å². The van der Waals surface area contributed by atoms with Gasteiger partial charge in [-0.25, -0.2) is 27.2 Å². The first-order chi connectivity index (χ1) is 15.5. The van der Waals surface area contributed by atoms with Gasteiger partial charge in [-0.2, -0.15) is 0 Å². The Morgan fingerprint density at radius 3 is 2.42 bits per heavy atom. The van der Waals surface area contributed by atoms with Crippen molar-refractivity contribution in [2.24, 2.45) is 0 Å². The number of benzene rings is 2. The lowest BCUT2D eigenvalue weighted by atomic mass is 10.0. The van der Waals surface area contributed by atoms with Crippen molar-refractivity contribution in [3.8, 4) is 16.9 Å². The minimum absolute atomic E-state index is 0.0274. The molecule has 4 rings (SSSR count). The molecular formula is C23H19ClFN3O4S. The number of pyridine rings is 1. The maximum atomic E-state index is 14.5. The zero-order chi connectivity index (χ0) is 24.1. The second-order valence-electron chi connectivity index (χ2n) is 7.91. The van der Waals surface area contributed by atoms with Crippen molar-refractivity contribution in [1.29, 1.82) is 0 Å². The highest BCUT2D eigenvalue weighted by molar-refractivity contribution is 7.90. The summed E-state index contributed by atoms with van der Waals surface area (Å²) in [5, 5.41) is 0.0707. The van der Waals surface area contributed by atoms with Crippen LogP contribution in [0.1, 0.15) is 25.3 Å². The van der Waals surface area contributed by atoms with Crippen LogP contribution in [0.2, 0.25) is 5.02 Å². The van der Waals surface area contributed by atoms with Gasteiger partial charge in [-0.1, -0.05) is 37.6 Å². The average molecular weight is 488 g/mol. The first-order valence-corrected chi connectivity index (χ1v) is 12.2. The average Bonchev–Trinajstić information content (AvgIpc) is 2.73. The van der Waals surface area contributed by atoms with Gasteiger partial charge in [0.1, 0.15) is 5.82 Å². The number of nitrogens with zero attached hydrogens (tertiary/aromatic N) is 2. The first kappa shape index (κ1) is 22.9. The van der Waals surface area contributed by atoms with Crippen molar-refractivity contribution in [2.75, 3.05) is 6.26 Å². The molecule has 0 fully saturated rings. The zero-order valence-electron chi connectivity index (χ0n) is 17.9. The van der Waals surface area contributed by atoms with E-state index in [0.717, 1.165) is 6.26 Å². The predicted molar refractivity (Wildman–Crippen MR) is 126 cm³/mol. The zero-order valence-corrected chi connectivity index (χ0v) is 19.5. The number of sulfone groups is 1. The van der Waals surface area contributed by atoms with Gasteiger partial charge in [-0.15, -0.1) is 0 Å². The number of H-pyrrole nitrogens is 1. The Balaban J connectivity index is 2.13. The molecule has 0 bridgehead atoms. The maximum absolute atomic E-state index is 14.5. The third-order valence-electron chi connectivity index (χ3n) is 5.25. The van der Waals surface area contributed by atoms with Crippen molar-refractivity contribution < 1.29 is 12.8 Å². The van der Waals surface area contributed by atoms with Crippen molar-refractivity contribution in [2.45, 2.75) is 24.7 Å². The summed E-state index contributed by atoms with van der Waals surface area (Å²) in [6.45, 7) is 3.69. The lowest BCUT2D eigenvalue weighted by molar-refractivity contribution is 0.601. The minimum atomic E-state index is -3.49. The summed E-state index contributed by atoms with van der Waals surface area (Å²) >= 11 is 6.34. The van der Waals surface area contributed by atoms with Crippen LogP contribution in [-0.2, 0) is 9.84 Å². The third kappa shape index (κ3) is 4.09. The molecule has 2 aromatic heterocycles. The molecule has 0 atom stereocenters. The van der Waals surface area contributed by atoms with Gasteiger partial charge in [0.25, 0.3) is 5.56 Å². The fourth-order valence-corrected chi connectivity index (χ4v) is 4.54. The Hall–Kier alpha value is -3.30. The van der Waals surface area contributed by atoms with E-state index in [9.17, 15) is 22.4 Å². The quantitative estimate of drug-likeness (QED) is 0.467. The molecule has 10 heteroatoms. The SMILES string of the molecule is CC(C)c1cc(S(C)(=O)=O)ccc1-n1c(=O)[nH]c(=O)c2cc(Cl)c(-c3ccccc3F)nc21. The Morgan fingerprint density at radius 2 is 1.79 bits per heavy atom. The number of aromatic amines is 1. The summed E-state index contributed by atoms with van der Waals surface area (Å²) in [4.78, 5) is 32.3. The van der Waals surface area contributed by atoms with E-state index in [-0.39, 0.29) is 38.1 Å². The Bertz CT molecular complexity index is 1640. The van der Waals surface area contributed by atoms with Crippen LogP contribution in [0.15, 0.2) is 63.0 Å². The molecular weight excluding hydrogens is 469 g/mol. The molecule has 2 aromatic carbocycles. The number of hydrogen-bond acceptors (Lipinski definition) is 5. The minimum Gasteiger partial charge on any atom is -0.273 e. The smallest absolute Gasteiger partial charge is 0.273 e. The third-order valence-corrected chi connectivity index (χ3v) is 6.65. The maximum Gasteiger partial charge on any atom is 0.334 e. The summed E-state index contributed by atoms with van der Waals surface area (Å²) < 4.78 is 39.8. The fourth-order valence-electron chi connectivity index (χ4n) is 3.63. The van der Waals surface area contributed by atoms with Crippen LogP contribution in [0.3, 0.4) is 0 Å². The summed E-state index contributed by atoms with van der Waals surface area (Å²) in [5.41, 5.74) is -0.411. The molecule has 0 unspecified atom stereocenters. The molecule has 33 heavy (non-hydrogen) atoms. The Morgan fingerprint density at radius 1 is 1.09 bits per heavy atom. The predicted octanol–water partition coefficient (Wildman–Crippen LogP) is 4.06. The number of fused-ring (bicyclic) bond motifs is 1. The topological polar surface area (TPSA) is 102 Å². The highest BCUT2D eigenvalue weighted by atomic mass is 35.5. The van der Waals surface area contributed by atoms with Gasteiger partial charge < -0.3 is 0 Å². The van der Waals surface area contributed by atoms with Crippen LogP contribution >= 0.6 is 11.6 Å². The second kappa shape index (κ2) is 8.24. The van der Waals surface area contributed by atoms with Gasteiger partial charge in [-0.3, -0.25) is 9.78 Å². The van der Waals surface area contributed by atoms with E-state index in [2.05, 4.69) is 9.97 Å². The van der Waals surface area contributed by atoms with Crippen LogP contribution < -0.4 is 11.2 Å². The van der Waals surface area contributed by atoms with Crippen molar-refractivity contribution in [3.05, 3.63) is 85.8 Å². The summed E-state index contributed by atoms with van der Waals surface area (Å²) in [6, 6.07) is 11.6. The highest BCUT2D eigenvalue weighted by Crippen LogP contribution is 2.32.